The highest BCUT2D eigenvalue weighted by Crippen LogP contribution is 2.24. The van der Waals surface area contributed by atoms with Crippen molar-refractivity contribution in [1.29, 1.82) is 0 Å². The number of aromatic hydroxyl groups is 1. The number of aromatic nitrogens is 1. The first-order valence-electron chi connectivity index (χ1n) is 8.83. The van der Waals surface area contributed by atoms with Crippen molar-refractivity contribution in [3.63, 3.8) is 0 Å². The third-order valence-corrected chi connectivity index (χ3v) is 4.30. The molecule has 2 amide bonds. The Kier molecular flexibility index (Phi) is 4.96. The monoisotopic (exact) mass is 425 g/mol. The summed E-state index contributed by atoms with van der Waals surface area (Å²) in [6, 6.07) is 10.6. The number of H-pyrrole nitrogens is 1. The van der Waals surface area contributed by atoms with Gasteiger partial charge in [0, 0.05) is 29.1 Å². The lowest BCUT2D eigenvalue weighted by Crippen LogP contribution is -2.14. The van der Waals surface area contributed by atoms with E-state index < -0.39 is 35.0 Å². The topological polar surface area (TPSA) is 124 Å². The first-order chi connectivity index (χ1) is 14.8. The molecule has 1 heterocycles. The van der Waals surface area contributed by atoms with E-state index in [0.29, 0.717) is 22.9 Å². The number of aromatic amines is 1. The van der Waals surface area contributed by atoms with Gasteiger partial charge in [0.2, 0.25) is 0 Å². The third kappa shape index (κ3) is 4.27. The Balaban J connectivity index is 1.50. The molecule has 0 aliphatic rings. The van der Waals surface area contributed by atoms with Gasteiger partial charge in [-0.05, 0) is 42.5 Å². The number of hydrogen-bond acceptors (Lipinski definition) is 5. The van der Waals surface area contributed by atoms with Gasteiger partial charge in [0.1, 0.15) is 17.4 Å². The first-order valence-corrected chi connectivity index (χ1v) is 8.83. The average molecular weight is 425 g/mol. The highest BCUT2D eigenvalue weighted by Gasteiger charge is 2.15. The molecule has 0 saturated carbocycles. The number of anilines is 2. The molecule has 1 aromatic heterocycles. The molecule has 0 fully saturated rings. The molecular formula is C21H13F2N3O5. The van der Waals surface area contributed by atoms with Gasteiger partial charge in [-0.2, -0.15) is 0 Å². The van der Waals surface area contributed by atoms with Crippen molar-refractivity contribution in [2.45, 2.75) is 0 Å². The molecule has 0 radical (unpaired) electrons. The highest BCUT2D eigenvalue weighted by atomic mass is 19.1. The Hall–Kier alpha value is -4.47. The van der Waals surface area contributed by atoms with E-state index in [4.69, 9.17) is 4.42 Å². The van der Waals surface area contributed by atoms with Gasteiger partial charge in [0.25, 0.3) is 11.8 Å². The summed E-state index contributed by atoms with van der Waals surface area (Å²) in [5.74, 6) is -4.31. The van der Waals surface area contributed by atoms with Crippen molar-refractivity contribution in [2.75, 3.05) is 10.6 Å². The van der Waals surface area contributed by atoms with E-state index in [0.717, 1.165) is 18.2 Å². The third-order valence-electron chi connectivity index (χ3n) is 4.30. The van der Waals surface area contributed by atoms with Crippen molar-refractivity contribution >= 4 is 34.3 Å². The lowest BCUT2D eigenvalue weighted by molar-refractivity contribution is 0.101. The maximum atomic E-state index is 13.3. The number of halogens is 2. The minimum Gasteiger partial charge on any atom is -0.507 e. The van der Waals surface area contributed by atoms with Crippen LogP contribution in [0.1, 0.15) is 20.7 Å². The molecule has 8 nitrogen and oxygen atoms in total. The molecule has 10 heteroatoms. The van der Waals surface area contributed by atoms with Crippen LogP contribution in [0.25, 0.3) is 11.1 Å². The van der Waals surface area contributed by atoms with E-state index in [1.165, 1.54) is 30.3 Å². The quantitative estimate of drug-likeness (QED) is 0.398. The molecule has 0 aliphatic heterocycles. The van der Waals surface area contributed by atoms with Crippen molar-refractivity contribution in [3.8, 4) is 5.75 Å². The van der Waals surface area contributed by atoms with Gasteiger partial charge in [-0.15, -0.1) is 0 Å². The number of carbonyl (C=O) groups excluding carboxylic acids is 2. The molecule has 4 N–H and O–H groups in total. The number of amides is 2. The van der Waals surface area contributed by atoms with Crippen molar-refractivity contribution in [3.05, 3.63) is 87.9 Å². The van der Waals surface area contributed by atoms with Crippen LogP contribution in [0.5, 0.6) is 5.75 Å². The van der Waals surface area contributed by atoms with Crippen LogP contribution in [0.4, 0.5) is 20.2 Å². The Morgan fingerprint density at radius 2 is 1.52 bits per heavy atom. The van der Waals surface area contributed by atoms with Crippen LogP contribution in [0.3, 0.4) is 0 Å². The summed E-state index contributed by atoms with van der Waals surface area (Å²) >= 11 is 0. The second kappa shape index (κ2) is 7.75. The summed E-state index contributed by atoms with van der Waals surface area (Å²) in [5.41, 5.74) is 0.839. The molecule has 0 spiro atoms. The molecule has 0 aliphatic carbocycles. The Labute approximate surface area is 172 Å². The average Bonchev–Trinajstić information content (AvgIpc) is 3.06. The Morgan fingerprint density at radius 3 is 2.23 bits per heavy atom. The van der Waals surface area contributed by atoms with Crippen LogP contribution in [-0.2, 0) is 0 Å². The fourth-order valence-corrected chi connectivity index (χ4v) is 2.92. The fraction of sp³-hybridized carbons (Fsp3) is 0. The SMILES string of the molecule is O=C(Nc1ccc(C(=O)Nc2ccc3oc(=O)[nH]c3c2)c(O)c1)c1cc(F)cc(F)c1. The van der Waals surface area contributed by atoms with Crippen molar-refractivity contribution < 1.29 is 27.9 Å². The number of benzene rings is 3. The maximum absolute atomic E-state index is 13.3. The van der Waals surface area contributed by atoms with Crippen LogP contribution < -0.4 is 16.4 Å². The zero-order chi connectivity index (χ0) is 22.1. The van der Waals surface area contributed by atoms with Gasteiger partial charge in [-0.25, -0.2) is 13.6 Å². The maximum Gasteiger partial charge on any atom is 0.417 e. The number of nitrogens with one attached hydrogen (secondary N) is 3. The molecule has 156 valence electrons. The highest BCUT2D eigenvalue weighted by molar-refractivity contribution is 6.08. The van der Waals surface area contributed by atoms with Gasteiger partial charge >= 0.3 is 5.76 Å². The van der Waals surface area contributed by atoms with Gasteiger partial charge in [0.15, 0.2) is 5.58 Å². The molecule has 0 atom stereocenters. The minimum atomic E-state index is -0.905. The van der Waals surface area contributed by atoms with Crippen LogP contribution in [0.2, 0.25) is 0 Å². The summed E-state index contributed by atoms with van der Waals surface area (Å²) in [7, 11) is 0. The Bertz CT molecular complexity index is 1370. The molecule has 0 bridgehead atoms. The molecule has 4 rings (SSSR count). The second-order valence-corrected chi connectivity index (χ2v) is 6.52. The van der Waals surface area contributed by atoms with Crippen LogP contribution in [0.15, 0.2) is 63.8 Å². The van der Waals surface area contributed by atoms with E-state index in [9.17, 15) is 28.3 Å². The van der Waals surface area contributed by atoms with E-state index in [1.54, 1.807) is 0 Å². The van der Waals surface area contributed by atoms with Crippen LogP contribution in [0, 0.1) is 11.6 Å². The molecule has 31 heavy (non-hydrogen) atoms. The molecule has 4 aromatic rings. The molecule has 3 aromatic carbocycles. The van der Waals surface area contributed by atoms with Gasteiger partial charge in [-0.3, -0.25) is 14.6 Å². The standard InChI is InChI=1S/C21H13F2N3O5/c22-11-5-10(6-12(23)7-11)19(28)24-14-1-3-15(17(27)9-14)20(29)25-13-2-4-18-16(8-13)26-21(30)31-18/h1-9,27H,(H,24,28)(H,25,29)(H,26,30). The zero-order valence-electron chi connectivity index (χ0n) is 15.5. The predicted octanol–water partition coefficient (Wildman–Crippen LogP) is 3.61. The second-order valence-electron chi connectivity index (χ2n) is 6.52. The van der Waals surface area contributed by atoms with E-state index >= 15 is 0 Å². The number of phenolic OH excluding ortho intramolecular Hbond substituents is 1. The largest absolute Gasteiger partial charge is 0.507 e. The van der Waals surface area contributed by atoms with Crippen molar-refractivity contribution in [1.82, 2.24) is 4.98 Å². The number of phenols is 1. The van der Waals surface area contributed by atoms with Gasteiger partial charge in [-0.1, -0.05) is 0 Å². The smallest absolute Gasteiger partial charge is 0.417 e. The summed E-state index contributed by atoms with van der Waals surface area (Å²) < 4.78 is 31.4. The summed E-state index contributed by atoms with van der Waals surface area (Å²) in [4.78, 5) is 38.3. The van der Waals surface area contributed by atoms with Gasteiger partial charge < -0.3 is 20.2 Å². The summed E-state index contributed by atoms with van der Waals surface area (Å²) in [5, 5.41) is 15.1. The van der Waals surface area contributed by atoms with Crippen LogP contribution in [-0.4, -0.2) is 21.9 Å². The number of hydrogen-bond donors (Lipinski definition) is 4. The molecule has 0 saturated heterocycles. The normalized spacial score (nSPS) is 10.8. The molecule has 0 unspecified atom stereocenters. The first kappa shape index (κ1) is 19.8. The number of oxazole rings is 1. The van der Waals surface area contributed by atoms with Crippen molar-refractivity contribution in [2.24, 2.45) is 0 Å². The summed E-state index contributed by atoms with van der Waals surface area (Å²) in [6.07, 6.45) is 0. The minimum absolute atomic E-state index is 0.0874. The van der Waals surface area contributed by atoms with Gasteiger partial charge in [0.05, 0.1) is 11.1 Å². The fourth-order valence-electron chi connectivity index (χ4n) is 2.92. The number of carbonyl (C=O) groups is 2. The number of rotatable bonds is 4. The molecular weight excluding hydrogens is 412 g/mol. The number of fused-ring (bicyclic) bond motifs is 1. The van der Waals surface area contributed by atoms with Crippen LogP contribution >= 0.6 is 0 Å². The Morgan fingerprint density at radius 1 is 0.871 bits per heavy atom. The lowest BCUT2D eigenvalue weighted by Gasteiger charge is -2.10. The zero-order valence-corrected chi connectivity index (χ0v) is 15.5. The van der Waals surface area contributed by atoms with E-state index in [2.05, 4.69) is 15.6 Å². The lowest BCUT2D eigenvalue weighted by atomic mass is 10.1. The predicted molar refractivity (Wildman–Crippen MR) is 107 cm³/mol. The summed E-state index contributed by atoms with van der Waals surface area (Å²) in [6.45, 7) is 0. The van der Waals surface area contributed by atoms with E-state index in [1.807, 2.05) is 0 Å². The van der Waals surface area contributed by atoms with E-state index in [-0.39, 0.29) is 16.8 Å².